The maximum absolute atomic E-state index is 12.6. The number of carbonyl (C=O) groups is 1. The van der Waals surface area contributed by atoms with Gasteiger partial charge in [0, 0.05) is 11.1 Å². The molecule has 1 amide bonds. The number of nitrogens with one attached hydrogen (secondary N) is 2. The molecule has 1 aromatic heterocycles. The van der Waals surface area contributed by atoms with Crippen molar-refractivity contribution in [2.45, 2.75) is 5.79 Å². The third-order valence-electron chi connectivity index (χ3n) is 4.54. The molecule has 4 rings (SSSR count). The number of carbonyl (C=O) groups excluding carboxylic acids is 2. The number of hydroxylamine groups is 1. The van der Waals surface area contributed by atoms with Crippen LogP contribution in [0, 0.1) is 0 Å². The van der Waals surface area contributed by atoms with Crippen molar-refractivity contribution in [2.24, 2.45) is 0 Å². The van der Waals surface area contributed by atoms with E-state index in [1.807, 2.05) is 24.3 Å². The number of fused-ring (bicyclic) bond motifs is 1. The molecule has 7 nitrogen and oxygen atoms in total. The molecule has 7 heteroatoms. The van der Waals surface area contributed by atoms with Crippen molar-refractivity contribution < 1.29 is 24.3 Å². The van der Waals surface area contributed by atoms with Crippen LogP contribution in [0.4, 0.5) is 0 Å². The van der Waals surface area contributed by atoms with E-state index in [4.69, 9.17) is 9.57 Å². The predicted molar refractivity (Wildman–Crippen MR) is 101 cm³/mol. The molecule has 1 aliphatic rings. The Bertz CT molecular complexity index is 1110. The predicted octanol–water partition coefficient (Wildman–Crippen LogP) is 2.19. The number of benzene rings is 2. The molecule has 0 bridgehead atoms. The third-order valence-corrected chi connectivity index (χ3v) is 4.54. The highest BCUT2D eigenvalue weighted by Crippen LogP contribution is 2.48. The van der Waals surface area contributed by atoms with Crippen molar-refractivity contribution in [3.05, 3.63) is 83.3 Å². The van der Waals surface area contributed by atoms with Crippen molar-refractivity contribution in [1.29, 1.82) is 0 Å². The SMILES string of the molecule is CONC(=O)C1=C(c2cc3ccccc3[nH]2)C(O)(c2ccccc2)OC1=C=O. The van der Waals surface area contributed by atoms with Gasteiger partial charge in [0.25, 0.3) is 11.7 Å². The van der Waals surface area contributed by atoms with Gasteiger partial charge in [0.15, 0.2) is 5.94 Å². The van der Waals surface area contributed by atoms with Gasteiger partial charge in [-0.3, -0.25) is 9.63 Å². The minimum atomic E-state index is -2.06. The zero-order valence-electron chi connectivity index (χ0n) is 14.9. The van der Waals surface area contributed by atoms with Crippen molar-refractivity contribution in [2.75, 3.05) is 7.11 Å². The zero-order chi connectivity index (χ0) is 19.7. The van der Waals surface area contributed by atoms with E-state index >= 15 is 0 Å². The van der Waals surface area contributed by atoms with Gasteiger partial charge in [0.1, 0.15) is 5.57 Å². The molecule has 0 aliphatic carbocycles. The molecule has 3 aromatic rings. The molecule has 0 fully saturated rings. The first-order valence-corrected chi connectivity index (χ1v) is 8.47. The Morgan fingerprint density at radius 1 is 1.18 bits per heavy atom. The lowest BCUT2D eigenvalue weighted by Gasteiger charge is -2.25. The summed E-state index contributed by atoms with van der Waals surface area (Å²) in [5.41, 5.74) is 3.70. The van der Waals surface area contributed by atoms with Crippen LogP contribution >= 0.6 is 0 Å². The number of H-pyrrole nitrogens is 1. The van der Waals surface area contributed by atoms with Gasteiger partial charge in [-0.05, 0) is 17.5 Å². The van der Waals surface area contributed by atoms with E-state index < -0.39 is 17.5 Å². The third kappa shape index (κ3) is 2.71. The highest BCUT2D eigenvalue weighted by atomic mass is 16.6. The van der Waals surface area contributed by atoms with Crippen LogP contribution in [0.25, 0.3) is 16.5 Å². The Balaban J connectivity index is 2.03. The standard InChI is InChI=1S/C21H16N2O5/c1-27-23-20(25)18-17(12-24)28-21(26,14-8-3-2-4-9-14)19(18)16-11-13-7-5-6-10-15(13)22-16/h2-11,22,26H,1H3,(H,23,25). The van der Waals surface area contributed by atoms with E-state index in [9.17, 15) is 14.7 Å². The molecule has 0 spiro atoms. The Kier molecular flexibility index (Phi) is 4.33. The molecule has 28 heavy (non-hydrogen) atoms. The van der Waals surface area contributed by atoms with Gasteiger partial charge >= 0.3 is 0 Å². The molecule has 2 aromatic carbocycles. The van der Waals surface area contributed by atoms with Crippen LogP contribution in [0.3, 0.4) is 0 Å². The van der Waals surface area contributed by atoms with Crippen molar-refractivity contribution in [3.63, 3.8) is 0 Å². The summed E-state index contributed by atoms with van der Waals surface area (Å²) in [6, 6.07) is 17.8. The number of rotatable bonds is 4. The molecule has 3 N–H and O–H groups in total. The van der Waals surface area contributed by atoms with E-state index in [-0.39, 0.29) is 11.1 Å². The molecule has 1 aliphatic heterocycles. The van der Waals surface area contributed by atoms with Crippen molar-refractivity contribution in [1.82, 2.24) is 10.5 Å². The molecule has 0 saturated carbocycles. The van der Waals surface area contributed by atoms with Gasteiger partial charge in [-0.2, -0.15) is 0 Å². The quantitative estimate of drug-likeness (QED) is 0.479. The number of para-hydroxylation sites is 1. The summed E-state index contributed by atoms with van der Waals surface area (Å²) in [7, 11) is 1.27. The maximum atomic E-state index is 12.6. The van der Waals surface area contributed by atoms with E-state index in [2.05, 4.69) is 10.5 Å². The monoisotopic (exact) mass is 376 g/mol. The lowest BCUT2D eigenvalue weighted by Crippen LogP contribution is -2.28. The van der Waals surface area contributed by atoms with Gasteiger partial charge in [-0.25, -0.2) is 10.3 Å². The van der Waals surface area contributed by atoms with Crippen LogP contribution in [0.2, 0.25) is 0 Å². The lowest BCUT2D eigenvalue weighted by molar-refractivity contribution is -0.128. The Labute approximate surface area is 159 Å². The number of hydrogen-bond donors (Lipinski definition) is 3. The summed E-state index contributed by atoms with van der Waals surface area (Å²) in [5.74, 6) is -1.59. The second-order valence-electron chi connectivity index (χ2n) is 6.20. The number of amides is 1. The average molecular weight is 376 g/mol. The zero-order valence-corrected chi connectivity index (χ0v) is 14.9. The first-order chi connectivity index (χ1) is 13.6. The summed E-state index contributed by atoms with van der Waals surface area (Å²) >= 11 is 0. The largest absolute Gasteiger partial charge is 0.442 e. The summed E-state index contributed by atoms with van der Waals surface area (Å²) in [6.07, 6.45) is 0. The molecular weight excluding hydrogens is 360 g/mol. The van der Waals surface area contributed by atoms with Gasteiger partial charge in [-0.15, -0.1) is 0 Å². The number of hydrogen-bond acceptors (Lipinski definition) is 5. The molecule has 2 heterocycles. The number of aromatic nitrogens is 1. The summed E-state index contributed by atoms with van der Waals surface area (Å²) < 4.78 is 5.57. The first-order valence-electron chi connectivity index (χ1n) is 8.47. The molecular formula is C21H16N2O5. The number of aromatic amines is 1. The molecule has 1 unspecified atom stereocenters. The van der Waals surface area contributed by atoms with E-state index in [1.165, 1.54) is 7.11 Å². The van der Waals surface area contributed by atoms with Gasteiger partial charge in [-0.1, -0.05) is 48.5 Å². The van der Waals surface area contributed by atoms with E-state index in [0.29, 0.717) is 11.3 Å². The number of ether oxygens (including phenoxy) is 1. The fourth-order valence-corrected chi connectivity index (χ4v) is 3.36. The van der Waals surface area contributed by atoms with Crippen LogP contribution in [-0.4, -0.2) is 29.0 Å². The fourth-order valence-electron chi connectivity index (χ4n) is 3.36. The van der Waals surface area contributed by atoms with Crippen LogP contribution in [-0.2, 0) is 25.0 Å². The molecule has 0 saturated heterocycles. The normalized spacial score (nSPS) is 18.9. The van der Waals surface area contributed by atoms with Crippen LogP contribution in [0.1, 0.15) is 11.3 Å². The molecule has 140 valence electrons. The Morgan fingerprint density at radius 3 is 2.57 bits per heavy atom. The summed E-state index contributed by atoms with van der Waals surface area (Å²) in [5, 5.41) is 12.3. The minimum absolute atomic E-state index is 0.0998. The smallest absolute Gasteiger partial charge is 0.280 e. The van der Waals surface area contributed by atoms with Crippen LogP contribution in [0.5, 0.6) is 0 Å². The van der Waals surface area contributed by atoms with Crippen LogP contribution in [0.15, 0.2) is 72.0 Å². The Hall–Kier alpha value is -3.64. The second-order valence-corrected chi connectivity index (χ2v) is 6.20. The topological polar surface area (TPSA) is 101 Å². The van der Waals surface area contributed by atoms with E-state index in [0.717, 1.165) is 10.9 Å². The number of aliphatic hydroxyl groups is 1. The fraction of sp³-hybridized carbons (Fsp3) is 0.0952. The highest BCUT2D eigenvalue weighted by molar-refractivity contribution is 6.09. The molecule has 1 atom stereocenters. The van der Waals surface area contributed by atoms with Crippen molar-refractivity contribution >= 4 is 28.3 Å². The first kappa shape index (κ1) is 17.8. The Morgan fingerprint density at radius 2 is 1.89 bits per heavy atom. The van der Waals surface area contributed by atoms with Gasteiger partial charge in [0.2, 0.25) is 5.76 Å². The maximum Gasteiger partial charge on any atom is 0.280 e. The highest BCUT2D eigenvalue weighted by Gasteiger charge is 2.50. The summed E-state index contributed by atoms with van der Waals surface area (Å²) in [4.78, 5) is 32.0. The summed E-state index contributed by atoms with van der Waals surface area (Å²) in [6.45, 7) is 0. The van der Waals surface area contributed by atoms with Crippen LogP contribution < -0.4 is 5.48 Å². The second kappa shape index (κ2) is 6.83. The molecule has 0 radical (unpaired) electrons. The van der Waals surface area contributed by atoms with Gasteiger partial charge in [0.05, 0.1) is 18.4 Å². The minimum Gasteiger partial charge on any atom is -0.442 e. The van der Waals surface area contributed by atoms with Gasteiger partial charge < -0.3 is 14.8 Å². The van der Waals surface area contributed by atoms with E-state index in [1.54, 1.807) is 42.3 Å². The lowest BCUT2D eigenvalue weighted by atomic mass is 9.92. The average Bonchev–Trinajstić information content (AvgIpc) is 3.27. The van der Waals surface area contributed by atoms with Crippen molar-refractivity contribution in [3.8, 4) is 0 Å².